The van der Waals surface area contributed by atoms with Gasteiger partial charge in [0.2, 0.25) is 0 Å². The molecule has 1 heterocycles. The quantitative estimate of drug-likeness (QED) is 0.0267. The van der Waals surface area contributed by atoms with Crippen LogP contribution in [0.5, 0.6) is 0 Å². The minimum atomic E-state index is -1.53. The maximum Gasteiger partial charge on any atom is 0.306 e. The van der Waals surface area contributed by atoms with Crippen molar-refractivity contribution in [2.75, 3.05) is 26.4 Å². The average Bonchev–Trinajstić information content (AvgIpc) is 3.34. The zero-order chi connectivity index (χ0) is 49.2. The fraction of sp³-hybridized carbons (Fsp3) is 0.949. The van der Waals surface area contributed by atoms with Gasteiger partial charge in [0, 0.05) is 13.0 Å². The number of hydrogen-bond acceptors (Lipinski definition) is 9. The minimum Gasteiger partial charge on any atom is -0.457 e. The predicted octanol–water partition coefficient (Wildman–Crippen LogP) is 15.5. The van der Waals surface area contributed by atoms with Crippen LogP contribution in [-0.2, 0) is 23.7 Å². The van der Waals surface area contributed by atoms with Crippen molar-refractivity contribution < 1.29 is 44.2 Å². The summed E-state index contributed by atoms with van der Waals surface area (Å²) in [4.78, 5) is 12.9. The fourth-order valence-electron chi connectivity index (χ4n) is 9.55. The Bertz CT molecular complexity index is 1060. The minimum absolute atomic E-state index is 0.107. The Morgan fingerprint density at radius 3 is 1.19 bits per heavy atom. The second-order valence-corrected chi connectivity index (χ2v) is 20.8. The van der Waals surface area contributed by atoms with E-state index in [1.165, 1.54) is 244 Å². The molecule has 0 radical (unpaired) electrons. The Morgan fingerprint density at radius 1 is 0.456 bits per heavy atom. The van der Waals surface area contributed by atoms with Gasteiger partial charge in [-0.3, -0.25) is 4.79 Å². The zero-order valence-electron chi connectivity index (χ0n) is 44.9. The summed E-state index contributed by atoms with van der Waals surface area (Å²) in [7, 11) is 0. The Balaban J connectivity index is 2.13. The van der Waals surface area contributed by atoms with Crippen LogP contribution in [0.15, 0.2) is 12.2 Å². The molecule has 6 atom stereocenters. The molecule has 1 fully saturated rings. The molecule has 0 spiro atoms. The van der Waals surface area contributed by atoms with E-state index < -0.39 is 43.4 Å². The second-order valence-electron chi connectivity index (χ2n) is 20.8. The molecule has 4 N–H and O–H groups in total. The number of aliphatic hydroxyl groups excluding tert-OH is 4. The number of aliphatic hydroxyl groups is 4. The smallest absolute Gasteiger partial charge is 0.306 e. The van der Waals surface area contributed by atoms with Gasteiger partial charge in [0.1, 0.15) is 30.5 Å². The van der Waals surface area contributed by atoms with E-state index in [4.69, 9.17) is 18.9 Å². The molecule has 68 heavy (non-hydrogen) atoms. The molecule has 0 aliphatic carbocycles. The monoisotopic (exact) mass is 967 g/mol. The molecule has 404 valence electrons. The van der Waals surface area contributed by atoms with Crippen molar-refractivity contribution in [2.45, 2.75) is 333 Å². The predicted molar refractivity (Wildman–Crippen MR) is 284 cm³/mol. The van der Waals surface area contributed by atoms with Crippen LogP contribution in [0.3, 0.4) is 0 Å². The maximum absolute atomic E-state index is 12.9. The standard InChI is InChI=1S/C59H114O9/c1-3-5-7-9-11-13-15-17-19-21-23-25-27-28-30-32-34-36-38-40-42-44-46-48-55(61)67-53(52-66-59-58(64)57(63)56(62)54(50-60)68-59)51-65-49-47-45-43-41-39-37-35-33-31-29-26-24-22-20-18-16-14-12-10-8-6-4-2/h21,23,53-54,56-60,62-64H,3-20,22,24-52H2,1-2H3/b23-21-. The molecule has 0 aromatic carbocycles. The first-order valence-corrected chi connectivity index (χ1v) is 29.8. The van der Waals surface area contributed by atoms with Crippen LogP contribution in [0.4, 0.5) is 0 Å². The van der Waals surface area contributed by atoms with Gasteiger partial charge in [-0.15, -0.1) is 0 Å². The highest BCUT2D eigenvalue weighted by molar-refractivity contribution is 5.69. The lowest BCUT2D eigenvalue weighted by molar-refractivity contribution is -0.305. The third kappa shape index (κ3) is 40.5. The van der Waals surface area contributed by atoms with Gasteiger partial charge in [-0.05, 0) is 38.5 Å². The van der Waals surface area contributed by atoms with Crippen molar-refractivity contribution in [1.82, 2.24) is 0 Å². The molecule has 0 aromatic rings. The highest BCUT2D eigenvalue weighted by Crippen LogP contribution is 2.23. The van der Waals surface area contributed by atoms with Crippen molar-refractivity contribution in [1.29, 1.82) is 0 Å². The van der Waals surface area contributed by atoms with Crippen molar-refractivity contribution in [2.24, 2.45) is 0 Å². The van der Waals surface area contributed by atoms with Crippen LogP contribution in [-0.4, -0.2) is 89.6 Å². The summed E-state index contributed by atoms with van der Waals surface area (Å²) in [5, 5.41) is 40.4. The Hall–Kier alpha value is -1.07. The molecule has 0 amide bonds. The van der Waals surface area contributed by atoms with Crippen LogP contribution in [0.1, 0.15) is 296 Å². The Morgan fingerprint density at radius 2 is 0.809 bits per heavy atom. The van der Waals surface area contributed by atoms with E-state index in [-0.39, 0.29) is 19.2 Å². The van der Waals surface area contributed by atoms with Gasteiger partial charge in [0.05, 0.1) is 19.8 Å². The molecule has 0 saturated carbocycles. The SMILES string of the molecule is CCCCCCCCCC/C=C\CCCCCCCCCCCCCC(=O)OC(COCCCCCCCCCCCCCCCCCCCCCCCC)COC1OC(CO)C(O)C(O)C1O. The summed E-state index contributed by atoms with van der Waals surface area (Å²) in [5.41, 5.74) is 0. The largest absolute Gasteiger partial charge is 0.457 e. The van der Waals surface area contributed by atoms with Crippen molar-refractivity contribution in [3.63, 3.8) is 0 Å². The number of rotatable bonds is 53. The molecule has 1 aliphatic heterocycles. The molecule has 1 saturated heterocycles. The normalized spacial score (nSPS) is 19.1. The summed E-state index contributed by atoms with van der Waals surface area (Å²) >= 11 is 0. The van der Waals surface area contributed by atoms with Gasteiger partial charge in [0.15, 0.2) is 6.29 Å². The number of hydrogen-bond donors (Lipinski definition) is 4. The lowest BCUT2D eigenvalue weighted by atomic mass is 9.99. The number of carbonyl (C=O) groups is 1. The van der Waals surface area contributed by atoms with Gasteiger partial charge in [-0.25, -0.2) is 0 Å². The number of esters is 1. The van der Waals surface area contributed by atoms with Crippen molar-refractivity contribution in [3.05, 3.63) is 12.2 Å². The third-order valence-corrected chi connectivity index (χ3v) is 14.2. The van der Waals surface area contributed by atoms with Crippen molar-refractivity contribution in [3.8, 4) is 0 Å². The molecule has 6 unspecified atom stereocenters. The summed E-state index contributed by atoms with van der Waals surface area (Å²) in [5.74, 6) is -0.306. The molecular formula is C59H114O9. The highest BCUT2D eigenvalue weighted by atomic mass is 16.7. The van der Waals surface area contributed by atoms with E-state index in [1.54, 1.807) is 0 Å². The maximum atomic E-state index is 12.9. The Kier molecular flexibility index (Phi) is 48.6. The van der Waals surface area contributed by atoms with Crippen LogP contribution < -0.4 is 0 Å². The molecule has 1 rings (SSSR count). The van der Waals surface area contributed by atoms with Crippen molar-refractivity contribution >= 4 is 5.97 Å². The average molecular weight is 968 g/mol. The van der Waals surface area contributed by atoms with Gasteiger partial charge in [-0.1, -0.05) is 264 Å². The van der Waals surface area contributed by atoms with E-state index in [1.807, 2.05) is 0 Å². The molecule has 9 heteroatoms. The van der Waals surface area contributed by atoms with E-state index in [9.17, 15) is 25.2 Å². The summed E-state index contributed by atoms with van der Waals surface area (Å²) in [6, 6.07) is 0. The van der Waals surface area contributed by atoms with Gasteiger partial charge in [0.25, 0.3) is 0 Å². The lowest BCUT2D eigenvalue weighted by Crippen LogP contribution is -2.59. The van der Waals surface area contributed by atoms with Gasteiger partial charge < -0.3 is 39.4 Å². The van der Waals surface area contributed by atoms with Crippen LogP contribution in [0.2, 0.25) is 0 Å². The topological polar surface area (TPSA) is 135 Å². The number of ether oxygens (including phenoxy) is 4. The van der Waals surface area contributed by atoms with E-state index in [0.29, 0.717) is 13.0 Å². The van der Waals surface area contributed by atoms with Crippen LogP contribution in [0.25, 0.3) is 0 Å². The number of unbranched alkanes of at least 4 members (excludes halogenated alkanes) is 40. The first kappa shape index (κ1) is 64.9. The third-order valence-electron chi connectivity index (χ3n) is 14.2. The summed E-state index contributed by atoms with van der Waals surface area (Å²) in [6.45, 7) is 4.64. The first-order valence-electron chi connectivity index (χ1n) is 29.8. The molecule has 0 aromatic heterocycles. The van der Waals surface area contributed by atoms with E-state index in [2.05, 4.69) is 26.0 Å². The molecule has 0 bridgehead atoms. The first-order chi connectivity index (χ1) is 33.4. The number of allylic oxidation sites excluding steroid dienone is 2. The molecule has 1 aliphatic rings. The molecular weight excluding hydrogens is 853 g/mol. The summed E-state index contributed by atoms with van der Waals surface area (Å²) < 4.78 is 23.0. The van der Waals surface area contributed by atoms with Gasteiger partial charge in [-0.2, -0.15) is 0 Å². The highest BCUT2D eigenvalue weighted by Gasteiger charge is 2.44. The Labute approximate surface area is 420 Å². The van der Waals surface area contributed by atoms with Gasteiger partial charge >= 0.3 is 5.97 Å². The number of carbonyl (C=O) groups excluding carboxylic acids is 1. The van der Waals surface area contributed by atoms with E-state index in [0.717, 1.165) is 32.1 Å². The van der Waals surface area contributed by atoms with Crippen LogP contribution >= 0.6 is 0 Å². The molecule has 9 nitrogen and oxygen atoms in total. The fourth-order valence-corrected chi connectivity index (χ4v) is 9.55. The lowest BCUT2D eigenvalue weighted by Gasteiger charge is -2.39. The zero-order valence-corrected chi connectivity index (χ0v) is 44.9. The van der Waals surface area contributed by atoms with E-state index >= 15 is 0 Å². The summed E-state index contributed by atoms with van der Waals surface area (Å²) in [6.07, 6.45) is 54.1. The van der Waals surface area contributed by atoms with Crippen LogP contribution in [0, 0.1) is 0 Å². The second kappa shape index (κ2) is 50.9.